The summed E-state index contributed by atoms with van der Waals surface area (Å²) in [5, 5.41) is 0. The number of benzene rings is 1. The first kappa shape index (κ1) is 10.4. The molecule has 1 aromatic rings. The molecule has 0 bridgehead atoms. The van der Waals surface area contributed by atoms with E-state index in [1.807, 2.05) is 0 Å². The Morgan fingerprint density at radius 3 is 2.15 bits per heavy atom. The molecule has 72 valence electrons. The lowest BCUT2D eigenvalue weighted by Crippen LogP contribution is -2.12. The summed E-state index contributed by atoms with van der Waals surface area (Å²) in [5.74, 6) is -0.350. The molecule has 0 saturated heterocycles. The normalized spacial score (nSPS) is 30.8. The van der Waals surface area contributed by atoms with Gasteiger partial charge in [0.2, 0.25) is 0 Å². The lowest BCUT2D eigenvalue weighted by molar-refractivity contribution is 0.306. The summed E-state index contributed by atoms with van der Waals surface area (Å²) >= 11 is 0. The van der Waals surface area contributed by atoms with Crippen molar-refractivity contribution in [1.82, 2.24) is 0 Å². The lowest BCUT2D eigenvalue weighted by atomic mass is 10.1. The summed E-state index contributed by atoms with van der Waals surface area (Å²) in [6.07, 6.45) is 0.346. The van der Waals surface area contributed by atoms with E-state index in [0.29, 0.717) is 12.0 Å². The Bertz CT molecular complexity index is 301. The van der Waals surface area contributed by atoms with Crippen LogP contribution in [0.25, 0.3) is 0 Å². The van der Waals surface area contributed by atoms with Crippen molar-refractivity contribution >= 4 is 12.4 Å². The second-order valence-electron chi connectivity index (χ2n) is 3.18. The molecule has 1 aromatic carbocycles. The van der Waals surface area contributed by atoms with Crippen molar-refractivity contribution < 1.29 is 8.78 Å². The van der Waals surface area contributed by atoms with Crippen LogP contribution in [0.15, 0.2) is 24.3 Å². The van der Waals surface area contributed by atoms with Crippen molar-refractivity contribution in [1.29, 1.82) is 0 Å². The first-order valence-corrected chi connectivity index (χ1v) is 3.83. The molecule has 2 atom stereocenters. The maximum absolute atomic E-state index is 13.5. The van der Waals surface area contributed by atoms with Gasteiger partial charge in [-0.1, -0.05) is 12.1 Å². The standard InChI is InChI=1S/C9H9F2N.ClH/c10-7-3-1-6(2-4-7)9(11)5-8(9)12;/h1-4,8H,5,12H2;1H. The number of alkyl halides is 1. The van der Waals surface area contributed by atoms with Crippen molar-refractivity contribution in [2.75, 3.05) is 0 Å². The Morgan fingerprint density at radius 1 is 1.31 bits per heavy atom. The van der Waals surface area contributed by atoms with Crippen LogP contribution < -0.4 is 5.73 Å². The molecule has 0 radical (unpaired) electrons. The summed E-state index contributed by atoms with van der Waals surface area (Å²) in [7, 11) is 0. The maximum atomic E-state index is 13.5. The monoisotopic (exact) mass is 205 g/mol. The van der Waals surface area contributed by atoms with Crippen LogP contribution in [-0.2, 0) is 5.67 Å². The average Bonchev–Trinajstić information content (AvgIpc) is 2.62. The smallest absolute Gasteiger partial charge is 0.152 e. The van der Waals surface area contributed by atoms with Gasteiger partial charge < -0.3 is 5.73 Å². The Hall–Kier alpha value is -0.670. The number of rotatable bonds is 1. The fourth-order valence-electron chi connectivity index (χ4n) is 1.32. The van der Waals surface area contributed by atoms with Gasteiger partial charge in [0.1, 0.15) is 5.82 Å². The number of halogens is 3. The van der Waals surface area contributed by atoms with Crippen LogP contribution in [0, 0.1) is 5.82 Å². The highest BCUT2D eigenvalue weighted by atomic mass is 35.5. The Labute approximate surface area is 81.3 Å². The molecule has 1 aliphatic rings. The molecule has 0 spiro atoms. The first-order valence-electron chi connectivity index (χ1n) is 3.83. The molecule has 1 saturated carbocycles. The van der Waals surface area contributed by atoms with Crippen molar-refractivity contribution in [3.05, 3.63) is 35.6 Å². The van der Waals surface area contributed by atoms with E-state index in [9.17, 15) is 8.78 Å². The van der Waals surface area contributed by atoms with Crippen LogP contribution in [0.4, 0.5) is 8.78 Å². The zero-order chi connectivity index (χ0) is 8.77. The van der Waals surface area contributed by atoms with E-state index in [-0.39, 0.29) is 18.2 Å². The zero-order valence-corrected chi connectivity index (χ0v) is 7.65. The summed E-state index contributed by atoms with van der Waals surface area (Å²) in [6.45, 7) is 0. The minimum Gasteiger partial charge on any atom is -0.325 e. The van der Waals surface area contributed by atoms with E-state index in [1.165, 1.54) is 24.3 Å². The molecule has 1 fully saturated rings. The molecule has 2 N–H and O–H groups in total. The third-order valence-electron chi connectivity index (χ3n) is 2.27. The quantitative estimate of drug-likeness (QED) is 0.747. The van der Waals surface area contributed by atoms with E-state index < -0.39 is 11.7 Å². The van der Waals surface area contributed by atoms with Crippen molar-refractivity contribution in [3.8, 4) is 0 Å². The SMILES string of the molecule is Cl.NC1CC1(F)c1ccc(F)cc1. The van der Waals surface area contributed by atoms with Gasteiger partial charge in [0.05, 0.1) is 0 Å². The Morgan fingerprint density at radius 2 is 1.77 bits per heavy atom. The summed E-state index contributed by atoms with van der Waals surface area (Å²) < 4.78 is 25.9. The molecular weight excluding hydrogens is 196 g/mol. The minimum absolute atomic E-state index is 0. The molecule has 0 aliphatic heterocycles. The fourth-order valence-corrected chi connectivity index (χ4v) is 1.32. The van der Waals surface area contributed by atoms with Gasteiger partial charge in [0.25, 0.3) is 0 Å². The van der Waals surface area contributed by atoms with Crippen LogP contribution in [0.5, 0.6) is 0 Å². The molecule has 2 rings (SSSR count). The van der Waals surface area contributed by atoms with Crippen LogP contribution in [0.1, 0.15) is 12.0 Å². The van der Waals surface area contributed by atoms with Crippen molar-refractivity contribution in [2.24, 2.45) is 5.73 Å². The summed E-state index contributed by atoms with van der Waals surface area (Å²) in [5.41, 5.74) is 4.49. The number of hydrogen-bond donors (Lipinski definition) is 1. The second kappa shape index (κ2) is 3.24. The molecular formula is C9H10ClF2N. The summed E-state index contributed by atoms with van der Waals surface area (Å²) in [4.78, 5) is 0. The van der Waals surface area contributed by atoms with Gasteiger partial charge >= 0.3 is 0 Å². The van der Waals surface area contributed by atoms with E-state index in [4.69, 9.17) is 5.73 Å². The predicted octanol–water partition coefficient (Wildman–Crippen LogP) is 2.14. The van der Waals surface area contributed by atoms with Crippen LogP contribution in [-0.4, -0.2) is 6.04 Å². The van der Waals surface area contributed by atoms with Gasteiger partial charge in [0.15, 0.2) is 5.67 Å². The van der Waals surface area contributed by atoms with Crippen LogP contribution >= 0.6 is 12.4 Å². The molecule has 4 heteroatoms. The maximum Gasteiger partial charge on any atom is 0.152 e. The summed E-state index contributed by atoms with van der Waals surface area (Å²) in [6, 6.07) is 4.98. The molecule has 0 heterocycles. The van der Waals surface area contributed by atoms with Gasteiger partial charge in [-0.3, -0.25) is 0 Å². The Kier molecular flexibility index (Phi) is 2.59. The van der Waals surface area contributed by atoms with Crippen LogP contribution in [0.3, 0.4) is 0 Å². The molecule has 0 amide bonds. The van der Waals surface area contributed by atoms with Crippen molar-refractivity contribution in [2.45, 2.75) is 18.1 Å². The molecule has 1 aliphatic carbocycles. The van der Waals surface area contributed by atoms with Gasteiger partial charge in [-0.25, -0.2) is 8.78 Å². The average molecular weight is 206 g/mol. The van der Waals surface area contributed by atoms with E-state index >= 15 is 0 Å². The van der Waals surface area contributed by atoms with E-state index in [0.717, 1.165) is 0 Å². The second-order valence-corrected chi connectivity index (χ2v) is 3.18. The van der Waals surface area contributed by atoms with Gasteiger partial charge in [0, 0.05) is 12.5 Å². The highest BCUT2D eigenvalue weighted by Gasteiger charge is 2.54. The fraction of sp³-hybridized carbons (Fsp3) is 0.333. The number of hydrogen-bond acceptors (Lipinski definition) is 1. The largest absolute Gasteiger partial charge is 0.325 e. The van der Waals surface area contributed by atoms with Gasteiger partial charge in [-0.2, -0.15) is 0 Å². The molecule has 0 aromatic heterocycles. The molecule has 13 heavy (non-hydrogen) atoms. The first-order chi connectivity index (χ1) is 5.63. The van der Waals surface area contributed by atoms with Gasteiger partial charge in [-0.15, -0.1) is 12.4 Å². The van der Waals surface area contributed by atoms with Gasteiger partial charge in [-0.05, 0) is 17.7 Å². The Balaban J connectivity index is 0.000000845. The highest BCUT2D eigenvalue weighted by Crippen LogP contribution is 2.48. The van der Waals surface area contributed by atoms with Crippen LogP contribution in [0.2, 0.25) is 0 Å². The van der Waals surface area contributed by atoms with E-state index in [2.05, 4.69) is 0 Å². The topological polar surface area (TPSA) is 26.0 Å². The highest BCUT2D eigenvalue weighted by molar-refractivity contribution is 5.85. The molecule has 2 unspecified atom stereocenters. The number of nitrogens with two attached hydrogens (primary N) is 1. The van der Waals surface area contributed by atoms with Crippen molar-refractivity contribution in [3.63, 3.8) is 0 Å². The predicted molar refractivity (Wildman–Crippen MR) is 49.0 cm³/mol. The molecule has 1 nitrogen and oxygen atoms in total. The van der Waals surface area contributed by atoms with E-state index in [1.54, 1.807) is 0 Å². The third kappa shape index (κ3) is 1.67. The minimum atomic E-state index is -1.40. The zero-order valence-electron chi connectivity index (χ0n) is 6.84. The third-order valence-corrected chi connectivity index (χ3v) is 2.27. The lowest BCUT2D eigenvalue weighted by Gasteiger charge is -2.04.